The molecule has 2 aliphatic heterocycles. The van der Waals surface area contributed by atoms with Crippen molar-refractivity contribution in [2.75, 3.05) is 37.7 Å². The van der Waals surface area contributed by atoms with E-state index in [-0.39, 0.29) is 11.8 Å². The largest absolute Gasteiger partial charge is 0.378 e. The Kier molecular flexibility index (Phi) is 4.67. The Balaban J connectivity index is 1.59. The smallest absolute Gasteiger partial charge is 0.276 e. The highest BCUT2D eigenvalue weighted by atomic mass is 16.5. The van der Waals surface area contributed by atoms with Gasteiger partial charge in [-0.05, 0) is 36.6 Å². The van der Waals surface area contributed by atoms with Crippen LogP contribution in [0, 0.1) is 0 Å². The van der Waals surface area contributed by atoms with E-state index in [0.29, 0.717) is 44.2 Å². The molecule has 0 N–H and O–H groups in total. The van der Waals surface area contributed by atoms with Crippen molar-refractivity contribution in [3.63, 3.8) is 0 Å². The number of hydrogen-bond donors (Lipinski definition) is 0. The maximum Gasteiger partial charge on any atom is 0.276 e. The number of carbonyl (C=O) groups is 2. The van der Waals surface area contributed by atoms with E-state index in [4.69, 9.17) is 4.74 Å². The van der Waals surface area contributed by atoms with Crippen LogP contribution in [0.1, 0.15) is 33.0 Å². The first-order chi connectivity index (χ1) is 12.7. The van der Waals surface area contributed by atoms with Crippen molar-refractivity contribution in [2.24, 2.45) is 0 Å². The Morgan fingerprint density at radius 1 is 0.885 bits per heavy atom. The second-order valence-corrected chi connectivity index (χ2v) is 6.50. The highest BCUT2D eigenvalue weighted by Crippen LogP contribution is 2.27. The Bertz CT molecular complexity index is 831. The number of ether oxygens (including phenoxy) is 1. The van der Waals surface area contributed by atoms with Gasteiger partial charge in [0.05, 0.1) is 13.2 Å². The molecular formula is C20H21N3O3. The molecule has 0 saturated carbocycles. The first kappa shape index (κ1) is 16.7. The quantitative estimate of drug-likeness (QED) is 0.832. The third kappa shape index (κ3) is 3.20. The van der Waals surface area contributed by atoms with E-state index in [2.05, 4.69) is 11.1 Å². The molecule has 0 spiro atoms. The Morgan fingerprint density at radius 3 is 2.42 bits per heavy atom. The number of rotatable bonds is 2. The summed E-state index contributed by atoms with van der Waals surface area (Å²) in [6.07, 6.45) is 1.90. The van der Waals surface area contributed by atoms with Crippen molar-refractivity contribution in [3.8, 4) is 0 Å². The van der Waals surface area contributed by atoms with Crippen LogP contribution >= 0.6 is 0 Å². The first-order valence-electron chi connectivity index (χ1n) is 8.98. The molecule has 0 aliphatic carbocycles. The second kappa shape index (κ2) is 7.25. The molecule has 134 valence electrons. The third-order valence-corrected chi connectivity index (χ3v) is 4.84. The number of anilines is 1. The van der Waals surface area contributed by atoms with Crippen molar-refractivity contribution < 1.29 is 14.3 Å². The SMILES string of the molecule is O=C(c1cccc(C(=O)N2CCCc3ccccc32)n1)N1CCOCC1. The van der Waals surface area contributed by atoms with Gasteiger partial charge in [-0.1, -0.05) is 24.3 Å². The van der Waals surface area contributed by atoms with E-state index < -0.39 is 0 Å². The number of fused-ring (bicyclic) bond motifs is 1. The summed E-state index contributed by atoms with van der Waals surface area (Å²) >= 11 is 0. The summed E-state index contributed by atoms with van der Waals surface area (Å²) in [4.78, 5) is 33.5. The number of pyridine rings is 1. The van der Waals surface area contributed by atoms with Crippen LogP contribution in [0.5, 0.6) is 0 Å². The first-order valence-corrected chi connectivity index (χ1v) is 8.98. The highest BCUT2D eigenvalue weighted by molar-refractivity contribution is 6.06. The van der Waals surface area contributed by atoms with Crippen LogP contribution in [0.2, 0.25) is 0 Å². The molecule has 6 nitrogen and oxygen atoms in total. The van der Waals surface area contributed by atoms with Crippen LogP contribution in [0.25, 0.3) is 0 Å². The monoisotopic (exact) mass is 351 g/mol. The molecule has 2 amide bonds. The summed E-state index contributed by atoms with van der Waals surface area (Å²) in [5.74, 6) is -0.309. The molecule has 6 heteroatoms. The molecule has 1 fully saturated rings. The van der Waals surface area contributed by atoms with Gasteiger partial charge in [-0.25, -0.2) is 4.98 Å². The molecule has 4 rings (SSSR count). The van der Waals surface area contributed by atoms with E-state index in [1.54, 1.807) is 28.0 Å². The number of hydrogen-bond acceptors (Lipinski definition) is 4. The number of para-hydroxylation sites is 1. The van der Waals surface area contributed by atoms with Gasteiger partial charge < -0.3 is 14.5 Å². The summed E-state index contributed by atoms with van der Waals surface area (Å²) in [7, 11) is 0. The second-order valence-electron chi connectivity index (χ2n) is 6.50. The number of nitrogens with zero attached hydrogens (tertiary/aromatic N) is 3. The van der Waals surface area contributed by atoms with Crippen LogP contribution in [0.15, 0.2) is 42.5 Å². The molecule has 0 radical (unpaired) electrons. The minimum Gasteiger partial charge on any atom is -0.378 e. The van der Waals surface area contributed by atoms with E-state index >= 15 is 0 Å². The van der Waals surface area contributed by atoms with Gasteiger partial charge in [0.2, 0.25) is 0 Å². The van der Waals surface area contributed by atoms with Gasteiger partial charge in [0.15, 0.2) is 0 Å². The van der Waals surface area contributed by atoms with Crippen LogP contribution in [0.4, 0.5) is 5.69 Å². The third-order valence-electron chi connectivity index (χ3n) is 4.84. The van der Waals surface area contributed by atoms with Crippen molar-refractivity contribution in [2.45, 2.75) is 12.8 Å². The van der Waals surface area contributed by atoms with Gasteiger partial charge >= 0.3 is 0 Å². The highest BCUT2D eigenvalue weighted by Gasteiger charge is 2.26. The molecule has 26 heavy (non-hydrogen) atoms. The average Bonchev–Trinajstić information content (AvgIpc) is 2.73. The summed E-state index contributed by atoms with van der Waals surface area (Å²) in [6.45, 7) is 2.85. The maximum absolute atomic E-state index is 13.0. The summed E-state index contributed by atoms with van der Waals surface area (Å²) in [6, 6.07) is 13.0. The Labute approximate surface area is 152 Å². The lowest BCUT2D eigenvalue weighted by molar-refractivity contribution is 0.0299. The lowest BCUT2D eigenvalue weighted by atomic mass is 10.0. The normalized spacial score (nSPS) is 16.9. The van der Waals surface area contributed by atoms with Crippen molar-refractivity contribution >= 4 is 17.5 Å². The Hall–Kier alpha value is -2.73. The molecule has 1 saturated heterocycles. The van der Waals surface area contributed by atoms with E-state index in [1.165, 1.54) is 5.56 Å². The van der Waals surface area contributed by atoms with Crippen molar-refractivity contribution in [1.29, 1.82) is 0 Å². The zero-order valence-electron chi connectivity index (χ0n) is 14.6. The van der Waals surface area contributed by atoms with Gasteiger partial charge in [0, 0.05) is 25.3 Å². The lowest BCUT2D eigenvalue weighted by Crippen LogP contribution is -2.41. The number of aryl methyl sites for hydroxylation is 1. The molecule has 1 aromatic heterocycles. The molecule has 2 aromatic rings. The molecule has 3 heterocycles. The zero-order chi connectivity index (χ0) is 17.9. The van der Waals surface area contributed by atoms with Crippen LogP contribution in [0.3, 0.4) is 0 Å². The summed E-state index contributed by atoms with van der Waals surface area (Å²) in [5, 5.41) is 0. The fourth-order valence-corrected chi connectivity index (χ4v) is 3.48. The van der Waals surface area contributed by atoms with E-state index in [1.807, 2.05) is 18.2 Å². The number of amides is 2. The predicted octanol–water partition coefficient (Wildman–Crippen LogP) is 2.15. The lowest BCUT2D eigenvalue weighted by Gasteiger charge is -2.29. The van der Waals surface area contributed by atoms with Crippen LogP contribution in [-0.4, -0.2) is 54.5 Å². The Morgan fingerprint density at radius 2 is 1.62 bits per heavy atom. The maximum atomic E-state index is 13.0. The van der Waals surface area contributed by atoms with Crippen LogP contribution < -0.4 is 4.90 Å². The number of carbonyl (C=O) groups excluding carboxylic acids is 2. The predicted molar refractivity (Wildman–Crippen MR) is 97.4 cm³/mol. The van der Waals surface area contributed by atoms with E-state index in [0.717, 1.165) is 18.5 Å². The minimum atomic E-state index is -0.159. The van der Waals surface area contributed by atoms with Gasteiger partial charge in [-0.2, -0.15) is 0 Å². The minimum absolute atomic E-state index is 0.151. The molecular weight excluding hydrogens is 330 g/mol. The fraction of sp³-hybridized carbons (Fsp3) is 0.350. The summed E-state index contributed by atoms with van der Waals surface area (Å²) in [5.41, 5.74) is 2.73. The number of morpholine rings is 1. The molecule has 0 bridgehead atoms. The van der Waals surface area contributed by atoms with E-state index in [9.17, 15) is 9.59 Å². The summed E-state index contributed by atoms with van der Waals surface area (Å²) < 4.78 is 5.29. The van der Waals surface area contributed by atoms with Gasteiger partial charge in [-0.3, -0.25) is 9.59 Å². The molecule has 1 aromatic carbocycles. The van der Waals surface area contributed by atoms with Gasteiger partial charge in [0.25, 0.3) is 11.8 Å². The molecule has 0 unspecified atom stereocenters. The van der Waals surface area contributed by atoms with Crippen molar-refractivity contribution in [3.05, 3.63) is 59.4 Å². The zero-order valence-corrected chi connectivity index (χ0v) is 14.6. The van der Waals surface area contributed by atoms with Crippen LogP contribution in [-0.2, 0) is 11.2 Å². The number of benzene rings is 1. The average molecular weight is 351 g/mol. The van der Waals surface area contributed by atoms with Gasteiger partial charge in [-0.15, -0.1) is 0 Å². The van der Waals surface area contributed by atoms with Crippen molar-refractivity contribution in [1.82, 2.24) is 9.88 Å². The molecule has 2 aliphatic rings. The fourth-order valence-electron chi connectivity index (χ4n) is 3.48. The van der Waals surface area contributed by atoms with Gasteiger partial charge in [0.1, 0.15) is 11.4 Å². The topological polar surface area (TPSA) is 62.7 Å². The number of aromatic nitrogens is 1. The molecule has 0 atom stereocenters. The standard InChI is InChI=1S/C20H21N3O3/c24-19(22-11-13-26-14-12-22)16-7-3-8-17(21-16)20(25)23-10-4-6-15-5-1-2-9-18(15)23/h1-3,5,7-9H,4,6,10-14H2.